The zero-order chi connectivity index (χ0) is 15.7. The number of rotatable bonds is 4. The first-order valence-corrected chi connectivity index (χ1v) is 7.24. The van der Waals surface area contributed by atoms with Crippen molar-refractivity contribution in [3.05, 3.63) is 41.6 Å². The van der Waals surface area contributed by atoms with E-state index in [0.717, 1.165) is 24.4 Å². The summed E-state index contributed by atoms with van der Waals surface area (Å²) in [5.41, 5.74) is 3.07. The predicted molar refractivity (Wildman–Crippen MR) is 82.9 cm³/mol. The van der Waals surface area contributed by atoms with Gasteiger partial charge in [0, 0.05) is 24.1 Å². The van der Waals surface area contributed by atoms with Crippen LogP contribution in [0.1, 0.15) is 35.1 Å². The molecule has 0 aromatic carbocycles. The lowest BCUT2D eigenvalue weighted by Gasteiger charge is -2.04. The first kappa shape index (κ1) is 14.2. The van der Waals surface area contributed by atoms with Gasteiger partial charge in [0.2, 0.25) is 5.95 Å². The summed E-state index contributed by atoms with van der Waals surface area (Å²) in [7, 11) is 0. The molecule has 0 spiro atoms. The molecule has 3 aromatic rings. The fourth-order valence-electron chi connectivity index (χ4n) is 2.43. The summed E-state index contributed by atoms with van der Waals surface area (Å²) < 4.78 is 3.60. The molecule has 114 valence electrons. The molecule has 0 fully saturated rings. The molecule has 0 saturated heterocycles. The highest BCUT2D eigenvalue weighted by Gasteiger charge is 2.15. The maximum Gasteiger partial charge on any atom is 0.261 e. The van der Waals surface area contributed by atoms with Crippen molar-refractivity contribution in [1.29, 1.82) is 0 Å². The minimum atomic E-state index is -0.255. The normalized spacial score (nSPS) is 11.0. The minimum absolute atomic E-state index is 0.255. The van der Waals surface area contributed by atoms with E-state index in [1.165, 1.54) is 0 Å². The Bertz CT molecular complexity index is 832. The molecule has 0 unspecified atom stereocenters. The van der Waals surface area contributed by atoms with Crippen molar-refractivity contribution in [2.45, 2.75) is 33.7 Å². The smallest absolute Gasteiger partial charge is 0.261 e. The standard InChI is InChI=1S/C15H18N6O/c1-4-6-20-9-16-15(19-20)18-14(22)12-5-7-21-11(3)8-10(2)17-13(12)21/h5,7-9H,4,6H2,1-3H3,(H,18,19,22). The number of anilines is 1. The number of nitrogens with one attached hydrogen (secondary N) is 1. The lowest BCUT2D eigenvalue weighted by atomic mass is 10.3. The van der Waals surface area contributed by atoms with Crippen molar-refractivity contribution < 1.29 is 4.79 Å². The van der Waals surface area contributed by atoms with E-state index in [2.05, 4.69) is 27.3 Å². The average molecular weight is 298 g/mol. The maximum absolute atomic E-state index is 12.4. The van der Waals surface area contributed by atoms with Crippen molar-refractivity contribution in [2.24, 2.45) is 0 Å². The van der Waals surface area contributed by atoms with Gasteiger partial charge in [-0.15, -0.1) is 5.10 Å². The van der Waals surface area contributed by atoms with Crippen molar-refractivity contribution in [3.8, 4) is 0 Å². The fraction of sp³-hybridized carbons (Fsp3) is 0.333. The van der Waals surface area contributed by atoms with Crippen molar-refractivity contribution in [1.82, 2.24) is 24.1 Å². The largest absolute Gasteiger partial charge is 0.305 e. The third kappa shape index (κ3) is 2.57. The Morgan fingerprint density at radius 2 is 2.18 bits per heavy atom. The average Bonchev–Trinajstić information content (AvgIpc) is 3.06. The van der Waals surface area contributed by atoms with Crippen LogP contribution < -0.4 is 5.32 Å². The van der Waals surface area contributed by atoms with E-state index < -0.39 is 0 Å². The molecule has 0 bridgehead atoms. The molecule has 7 heteroatoms. The van der Waals surface area contributed by atoms with Gasteiger partial charge in [-0.3, -0.25) is 14.8 Å². The van der Waals surface area contributed by atoms with Gasteiger partial charge in [-0.1, -0.05) is 6.92 Å². The first-order valence-electron chi connectivity index (χ1n) is 7.24. The van der Waals surface area contributed by atoms with Crippen LogP contribution in [0.2, 0.25) is 0 Å². The summed E-state index contributed by atoms with van der Waals surface area (Å²) in [5, 5.41) is 6.93. The molecule has 3 aromatic heterocycles. The molecular weight excluding hydrogens is 280 g/mol. The van der Waals surface area contributed by atoms with E-state index in [-0.39, 0.29) is 5.91 Å². The molecule has 3 heterocycles. The van der Waals surface area contributed by atoms with Crippen LogP contribution in [0.25, 0.3) is 5.65 Å². The van der Waals surface area contributed by atoms with E-state index in [1.54, 1.807) is 17.1 Å². The van der Waals surface area contributed by atoms with Crippen LogP contribution in [0.3, 0.4) is 0 Å². The zero-order valence-corrected chi connectivity index (χ0v) is 12.9. The highest BCUT2D eigenvalue weighted by Crippen LogP contribution is 2.15. The van der Waals surface area contributed by atoms with E-state index in [0.29, 0.717) is 17.2 Å². The van der Waals surface area contributed by atoms with E-state index in [1.807, 2.05) is 30.5 Å². The molecular formula is C15H18N6O. The SMILES string of the molecule is CCCn1cnc(NC(=O)c2ccn3c(C)cc(C)nc23)n1. The maximum atomic E-state index is 12.4. The Hall–Kier alpha value is -2.70. The Balaban J connectivity index is 1.88. The Morgan fingerprint density at radius 1 is 1.36 bits per heavy atom. The van der Waals surface area contributed by atoms with Gasteiger partial charge >= 0.3 is 0 Å². The van der Waals surface area contributed by atoms with Crippen LogP contribution in [-0.2, 0) is 6.54 Å². The number of aromatic nitrogens is 5. The monoisotopic (exact) mass is 298 g/mol. The van der Waals surface area contributed by atoms with E-state index >= 15 is 0 Å². The lowest BCUT2D eigenvalue weighted by Crippen LogP contribution is -2.14. The quantitative estimate of drug-likeness (QED) is 0.801. The Labute approximate surface area is 128 Å². The molecule has 1 N–H and O–H groups in total. The summed E-state index contributed by atoms with van der Waals surface area (Å²) in [6, 6.07) is 3.73. The molecule has 22 heavy (non-hydrogen) atoms. The third-order valence-electron chi connectivity index (χ3n) is 3.40. The van der Waals surface area contributed by atoms with E-state index in [4.69, 9.17) is 0 Å². The number of hydrogen-bond acceptors (Lipinski definition) is 4. The van der Waals surface area contributed by atoms with Gasteiger partial charge < -0.3 is 4.40 Å². The van der Waals surface area contributed by atoms with Crippen molar-refractivity contribution in [3.63, 3.8) is 0 Å². The van der Waals surface area contributed by atoms with Gasteiger partial charge in [-0.25, -0.2) is 9.97 Å². The van der Waals surface area contributed by atoms with Crippen LogP contribution in [0.15, 0.2) is 24.7 Å². The number of hydrogen-bond donors (Lipinski definition) is 1. The minimum Gasteiger partial charge on any atom is -0.305 e. The van der Waals surface area contributed by atoms with E-state index in [9.17, 15) is 4.79 Å². The second-order valence-electron chi connectivity index (χ2n) is 5.25. The molecule has 0 aliphatic rings. The molecule has 7 nitrogen and oxygen atoms in total. The van der Waals surface area contributed by atoms with Crippen LogP contribution >= 0.6 is 0 Å². The Kier molecular flexibility index (Phi) is 3.62. The first-order chi connectivity index (χ1) is 10.6. The highest BCUT2D eigenvalue weighted by molar-refractivity contribution is 6.07. The fourth-order valence-corrected chi connectivity index (χ4v) is 2.43. The molecule has 3 rings (SSSR count). The molecule has 0 aliphatic carbocycles. The van der Waals surface area contributed by atoms with Gasteiger partial charge in [-0.05, 0) is 32.4 Å². The van der Waals surface area contributed by atoms with Gasteiger partial charge in [0.05, 0.1) is 5.56 Å². The molecule has 0 aliphatic heterocycles. The number of nitrogens with zero attached hydrogens (tertiary/aromatic N) is 5. The number of carbonyl (C=O) groups excluding carboxylic acids is 1. The summed E-state index contributed by atoms with van der Waals surface area (Å²) >= 11 is 0. The molecule has 0 atom stereocenters. The van der Waals surface area contributed by atoms with Gasteiger partial charge in [0.25, 0.3) is 5.91 Å². The predicted octanol–water partition coefficient (Wildman–Crippen LogP) is 2.20. The molecule has 0 radical (unpaired) electrons. The van der Waals surface area contributed by atoms with Crippen LogP contribution in [0, 0.1) is 13.8 Å². The molecule has 0 saturated carbocycles. The van der Waals surface area contributed by atoms with Gasteiger partial charge in [0.1, 0.15) is 12.0 Å². The zero-order valence-electron chi connectivity index (χ0n) is 12.9. The highest BCUT2D eigenvalue weighted by atomic mass is 16.1. The number of carbonyl (C=O) groups is 1. The second-order valence-corrected chi connectivity index (χ2v) is 5.25. The van der Waals surface area contributed by atoms with Gasteiger partial charge in [0.15, 0.2) is 0 Å². The van der Waals surface area contributed by atoms with Crippen molar-refractivity contribution in [2.75, 3.05) is 5.32 Å². The summed E-state index contributed by atoms with van der Waals surface area (Å²) in [5.74, 6) is 0.0522. The number of amides is 1. The second kappa shape index (κ2) is 5.59. The van der Waals surface area contributed by atoms with Crippen molar-refractivity contribution >= 4 is 17.5 Å². The third-order valence-corrected chi connectivity index (χ3v) is 3.40. The van der Waals surface area contributed by atoms with Crippen LogP contribution in [0.4, 0.5) is 5.95 Å². The summed E-state index contributed by atoms with van der Waals surface area (Å²) in [4.78, 5) is 21.0. The number of aryl methyl sites for hydroxylation is 3. The summed E-state index contributed by atoms with van der Waals surface area (Å²) in [6.07, 6.45) is 4.42. The molecule has 1 amide bonds. The van der Waals surface area contributed by atoms with Crippen LogP contribution in [0.5, 0.6) is 0 Å². The topological polar surface area (TPSA) is 77.1 Å². The Morgan fingerprint density at radius 3 is 2.95 bits per heavy atom. The number of fused-ring (bicyclic) bond motifs is 1. The van der Waals surface area contributed by atoms with Crippen LogP contribution in [-0.4, -0.2) is 30.1 Å². The summed E-state index contributed by atoms with van der Waals surface area (Å²) in [6.45, 7) is 6.73. The lowest BCUT2D eigenvalue weighted by molar-refractivity contribution is 0.102. The van der Waals surface area contributed by atoms with Gasteiger partial charge in [-0.2, -0.15) is 0 Å².